The zero-order valence-corrected chi connectivity index (χ0v) is 11.1. The number of rotatable bonds is 3. The van der Waals surface area contributed by atoms with Crippen LogP contribution in [0.4, 0.5) is 0 Å². The largest absolute Gasteiger partial charge is 0.388 e. The van der Waals surface area contributed by atoms with Gasteiger partial charge in [0.25, 0.3) is 0 Å². The van der Waals surface area contributed by atoms with Gasteiger partial charge in [-0.25, -0.2) is 4.98 Å². The molecule has 1 aromatic heterocycles. The summed E-state index contributed by atoms with van der Waals surface area (Å²) in [5.74, 6) is 0.809. The lowest BCUT2D eigenvalue weighted by atomic mass is 10.0. The van der Waals surface area contributed by atoms with Gasteiger partial charge in [0.15, 0.2) is 0 Å². The van der Waals surface area contributed by atoms with Crippen LogP contribution in [0.15, 0.2) is 5.38 Å². The fraction of sp³-hybridized carbons (Fsp3) is 0.636. The summed E-state index contributed by atoms with van der Waals surface area (Å²) in [6.45, 7) is 5.63. The molecule has 0 amide bonds. The van der Waals surface area contributed by atoms with Gasteiger partial charge in [-0.15, -0.1) is 11.3 Å². The molecular weight excluding hydrogens is 238 g/mol. The van der Waals surface area contributed by atoms with Gasteiger partial charge in [-0.05, 0) is 25.3 Å². The molecule has 2 rings (SSSR count). The summed E-state index contributed by atoms with van der Waals surface area (Å²) in [6, 6.07) is 0. The summed E-state index contributed by atoms with van der Waals surface area (Å²) < 4.78 is 0. The molecule has 0 saturated carbocycles. The lowest BCUT2D eigenvalue weighted by Crippen LogP contribution is -2.33. The first-order valence-electron chi connectivity index (χ1n) is 5.61. The number of piperidine rings is 1. The van der Waals surface area contributed by atoms with Gasteiger partial charge in [0.05, 0.1) is 6.54 Å². The van der Waals surface area contributed by atoms with Gasteiger partial charge >= 0.3 is 0 Å². The maximum Gasteiger partial charge on any atom is 0.123 e. The number of likely N-dealkylation sites (tertiary alicyclic amines) is 1. The molecule has 1 aliphatic heterocycles. The van der Waals surface area contributed by atoms with E-state index in [9.17, 15) is 0 Å². The maximum atomic E-state index is 5.54. The van der Waals surface area contributed by atoms with Gasteiger partial charge in [0.1, 0.15) is 15.7 Å². The summed E-state index contributed by atoms with van der Waals surface area (Å²) in [4.78, 5) is 7.31. The van der Waals surface area contributed by atoms with Crippen molar-refractivity contribution in [3.63, 3.8) is 0 Å². The van der Waals surface area contributed by atoms with E-state index in [4.69, 9.17) is 18.0 Å². The molecule has 88 valence electrons. The van der Waals surface area contributed by atoms with Crippen molar-refractivity contribution in [3.05, 3.63) is 16.1 Å². The number of aromatic nitrogens is 1. The van der Waals surface area contributed by atoms with Crippen LogP contribution in [0, 0.1) is 5.92 Å². The van der Waals surface area contributed by atoms with Crippen LogP contribution >= 0.6 is 23.6 Å². The van der Waals surface area contributed by atoms with Gasteiger partial charge in [-0.1, -0.05) is 19.1 Å². The van der Waals surface area contributed by atoms with E-state index in [1.54, 1.807) is 11.3 Å². The molecule has 0 spiro atoms. The third-order valence-electron chi connectivity index (χ3n) is 2.90. The molecule has 0 aliphatic carbocycles. The minimum absolute atomic E-state index is 0.398. The third-order valence-corrected chi connectivity index (χ3v) is 3.95. The summed E-state index contributed by atoms with van der Waals surface area (Å²) in [5.41, 5.74) is 6.31. The zero-order chi connectivity index (χ0) is 11.5. The normalized spacial score (nSPS) is 22.2. The van der Waals surface area contributed by atoms with Crippen molar-refractivity contribution in [1.29, 1.82) is 0 Å². The summed E-state index contributed by atoms with van der Waals surface area (Å²) in [7, 11) is 0. The van der Waals surface area contributed by atoms with E-state index in [-0.39, 0.29) is 0 Å². The van der Waals surface area contributed by atoms with Crippen LogP contribution in [-0.2, 0) is 6.54 Å². The highest BCUT2D eigenvalue weighted by atomic mass is 32.1. The van der Waals surface area contributed by atoms with E-state index >= 15 is 0 Å². The molecule has 1 unspecified atom stereocenters. The lowest BCUT2D eigenvalue weighted by Gasteiger charge is -2.29. The number of thiocarbonyl (C=S) groups is 1. The van der Waals surface area contributed by atoms with Crippen molar-refractivity contribution >= 4 is 28.5 Å². The van der Waals surface area contributed by atoms with Gasteiger partial charge in [-0.3, -0.25) is 4.90 Å². The molecule has 5 heteroatoms. The molecule has 0 aromatic carbocycles. The Balaban J connectivity index is 1.95. The maximum absolute atomic E-state index is 5.54. The molecule has 3 nitrogen and oxygen atoms in total. The molecule has 2 heterocycles. The average Bonchev–Trinajstić information content (AvgIpc) is 2.66. The van der Waals surface area contributed by atoms with E-state index in [1.807, 2.05) is 5.38 Å². The molecule has 1 aliphatic rings. The van der Waals surface area contributed by atoms with Crippen molar-refractivity contribution in [2.24, 2.45) is 11.7 Å². The van der Waals surface area contributed by atoms with Crippen molar-refractivity contribution in [2.75, 3.05) is 13.1 Å². The van der Waals surface area contributed by atoms with Gasteiger partial charge in [-0.2, -0.15) is 0 Å². The van der Waals surface area contributed by atoms with Crippen molar-refractivity contribution < 1.29 is 0 Å². The lowest BCUT2D eigenvalue weighted by molar-refractivity contribution is 0.176. The van der Waals surface area contributed by atoms with E-state index in [1.165, 1.54) is 25.9 Å². The first-order valence-corrected chi connectivity index (χ1v) is 6.90. The summed E-state index contributed by atoms with van der Waals surface area (Å²) >= 11 is 6.56. The topological polar surface area (TPSA) is 42.2 Å². The molecule has 1 atom stereocenters. The highest BCUT2D eigenvalue weighted by molar-refractivity contribution is 7.80. The van der Waals surface area contributed by atoms with E-state index < -0.39 is 0 Å². The molecule has 1 fully saturated rings. The minimum atomic E-state index is 0.398. The van der Waals surface area contributed by atoms with E-state index in [2.05, 4.69) is 16.8 Å². The van der Waals surface area contributed by atoms with Crippen LogP contribution in [-0.4, -0.2) is 28.0 Å². The monoisotopic (exact) mass is 255 g/mol. The van der Waals surface area contributed by atoms with Crippen molar-refractivity contribution in [1.82, 2.24) is 9.88 Å². The summed E-state index contributed by atoms with van der Waals surface area (Å²) in [5, 5.41) is 3.07. The molecule has 16 heavy (non-hydrogen) atoms. The van der Waals surface area contributed by atoms with Crippen LogP contribution in [0.5, 0.6) is 0 Å². The Kier molecular flexibility index (Phi) is 3.89. The van der Waals surface area contributed by atoms with Crippen LogP contribution < -0.4 is 5.73 Å². The van der Waals surface area contributed by atoms with Gasteiger partial charge in [0, 0.05) is 11.9 Å². The second-order valence-corrected chi connectivity index (χ2v) is 5.86. The first kappa shape index (κ1) is 12.0. The van der Waals surface area contributed by atoms with E-state index in [0.717, 1.165) is 23.2 Å². The van der Waals surface area contributed by atoms with Gasteiger partial charge < -0.3 is 5.73 Å². The van der Waals surface area contributed by atoms with Crippen LogP contribution in [0.1, 0.15) is 30.5 Å². The van der Waals surface area contributed by atoms with Crippen LogP contribution in [0.25, 0.3) is 0 Å². The number of hydrogen-bond acceptors (Lipinski definition) is 4. The average molecular weight is 255 g/mol. The Morgan fingerprint density at radius 3 is 3.19 bits per heavy atom. The Morgan fingerprint density at radius 1 is 1.75 bits per heavy atom. The SMILES string of the molecule is CC1CCCN(Cc2nc(C(N)=S)cs2)C1. The zero-order valence-electron chi connectivity index (χ0n) is 9.48. The Bertz CT molecular complexity index is 375. The fourth-order valence-electron chi connectivity index (χ4n) is 2.12. The van der Waals surface area contributed by atoms with E-state index in [0.29, 0.717) is 4.99 Å². The molecule has 1 saturated heterocycles. The standard InChI is InChI=1S/C11H17N3S2/c1-8-3-2-4-14(5-8)6-10-13-9(7-16-10)11(12)15/h7-8H,2-6H2,1H3,(H2,12,15). The quantitative estimate of drug-likeness (QED) is 0.839. The number of nitrogens with zero attached hydrogens (tertiary/aromatic N) is 2. The molecule has 2 N–H and O–H groups in total. The Labute approximate surface area is 106 Å². The second-order valence-electron chi connectivity index (χ2n) is 4.47. The molecule has 1 aromatic rings. The molecule has 0 bridgehead atoms. The predicted octanol–water partition coefficient (Wildman–Crippen LogP) is 2.01. The van der Waals surface area contributed by atoms with Crippen LogP contribution in [0.3, 0.4) is 0 Å². The van der Waals surface area contributed by atoms with Gasteiger partial charge in [0.2, 0.25) is 0 Å². The van der Waals surface area contributed by atoms with Crippen molar-refractivity contribution in [3.8, 4) is 0 Å². The molecular formula is C11H17N3S2. The number of thiazole rings is 1. The smallest absolute Gasteiger partial charge is 0.123 e. The summed E-state index contributed by atoms with van der Waals surface area (Å²) in [6.07, 6.45) is 2.65. The number of nitrogens with two attached hydrogens (primary N) is 1. The number of hydrogen-bond donors (Lipinski definition) is 1. The minimum Gasteiger partial charge on any atom is -0.388 e. The third kappa shape index (κ3) is 2.99. The highest BCUT2D eigenvalue weighted by Crippen LogP contribution is 2.19. The van der Waals surface area contributed by atoms with Crippen molar-refractivity contribution in [2.45, 2.75) is 26.3 Å². The Hall–Kier alpha value is -0.520. The van der Waals surface area contributed by atoms with Crippen LogP contribution in [0.2, 0.25) is 0 Å². The highest BCUT2D eigenvalue weighted by Gasteiger charge is 2.17. The fourth-order valence-corrected chi connectivity index (χ4v) is 3.13. The molecule has 0 radical (unpaired) electrons. The second kappa shape index (κ2) is 5.21. The Morgan fingerprint density at radius 2 is 2.56 bits per heavy atom. The first-order chi connectivity index (χ1) is 7.65. The predicted molar refractivity (Wildman–Crippen MR) is 71.7 cm³/mol.